The van der Waals surface area contributed by atoms with Crippen molar-refractivity contribution in [3.8, 4) is 21.7 Å². The zero-order valence-corrected chi connectivity index (χ0v) is 43.1. The molecule has 378 valence electrons. The highest BCUT2D eigenvalue weighted by Crippen LogP contribution is 2.35. The van der Waals surface area contributed by atoms with E-state index in [0.29, 0.717) is 25.1 Å². The number of urea groups is 1. The first-order chi connectivity index (χ1) is 34.5. The molecule has 5 heterocycles. The molecule has 3 aromatic carbocycles. The molecule has 72 heavy (non-hydrogen) atoms. The Morgan fingerprint density at radius 2 is 1.68 bits per heavy atom. The van der Waals surface area contributed by atoms with Crippen molar-refractivity contribution in [2.24, 2.45) is 10.5 Å². The van der Waals surface area contributed by atoms with Crippen molar-refractivity contribution in [3.05, 3.63) is 125 Å². The van der Waals surface area contributed by atoms with E-state index in [1.54, 1.807) is 28.8 Å². The van der Waals surface area contributed by atoms with Gasteiger partial charge in [0, 0.05) is 94.2 Å². The summed E-state index contributed by atoms with van der Waals surface area (Å²) in [6.07, 6.45) is 4.09. The number of thiazole rings is 1. The topological polar surface area (TPSA) is 191 Å². The number of hydrogen-bond donors (Lipinski definition) is 5. The van der Waals surface area contributed by atoms with Crippen LogP contribution in [-0.4, -0.2) is 135 Å². The van der Waals surface area contributed by atoms with E-state index in [0.717, 1.165) is 74.8 Å². The molecule has 17 heteroatoms. The highest BCUT2D eigenvalue weighted by atomic mass is 32.1. The maximum Gasteiger partial charge on any atom is 0.321 e. The molecule has 16 nitrogen and oxygen atoms in total. The Bertz CT molecular complexity index is 2880. The minimum atomic E-state index is -0.928. The fourth-order valence-corrected chi connectivity index (χ4v) is 10.1. The Balaban J connectivity index is 0.816. The number of fused-ring (bicyclic) bond motifs is 1. The number of unbranched alkanes of at least 4 members (excludes halogenated alkanes) is 1. The third-order valence-corrected chi connectivity index (χ3v) is 14.2. The molecule has 4 unspecified atom stereocenters. The van der Waals surface area contributed by atoms with Gasteiger partial charge in [-0.3, -0.25) is 24.4 Å². The number of carbonyl (C=O) groups excluding carboxylic acids is 4. The minimum Gasteiger partial charge on any atom is -0.391 e. The molecule has 2 aliphatic rings. The van der Waals surface area contributed by atoms with Crippen molar-refractivity contribution >= 4 is 57.5 Å². The molecule has 0 spiro atoms. The third-order valence-electron chi connectivity index (χ3n) is 13.4. The number of anilines is 1. The number of rotatable bonds is 18. The zero-order chi connectivity index (χ0) is 51.1. The van der Waals surface area contributed by atoms with Gasteiger partial charge in [0.1, 0.15) is 17.7 Å². The van der Waals surface area contributed by atoms with Crippen molar-refractivity contribution in [2.75, 3.05) is 52.6 Å². The normalized spacial score (nSPS) is 17.3. The van der Waals surface area contributed by atoms with Gasteiger partial charge in [0.25, 0.3) is 0 Å². The molecule has 0 radical (unpaired) electrons. The van der Waals surface area contributed by atoms with E-state index in [-0.39, 0.29) is 49.7 Å². The maximum atomic E-state index is 14.1. The summed E-state index contributed by atoms with van der Waals surface area (Å²) >= 11 is 1.55. The van der Waals surface area contributed by atoms with Gasteiger partial charge in [-0.1, -0.05) is 75.4 Å². The molecule has 1 saturated heterocycles. The molecule has 4 atom stereocenters. The Kier molecular flexibility index (Phi) is 16.2. The van der Waals surface area contributed by atoms with E-state index >= 15 is 0 Å². The van der Waals surface area contributed by atoms with Crippen molar-refractivity contribution in [1.29, 1.82) is 0 Å². The van der Waals surface area contributed by atoms with Crippen LogP contribution in [0.15, 0.2) is 108 Å². The maximum absolute atomic E-state index is 14.1. The number of nitrogens with one attached hydrogen (secondary N) is 4. The number of β-amino-alcohol motifs (C(OH)–C–C–N with tert-alkyl or cyclic N) is 1. The van der Waals surface area contributed by atoms with Crippen molar-refractivity contribution in [2.45, 2.75) is 90.6 Å². The number of benzene rings is 3. The zero-order valence-electron chi connectivity index (χ0n) is 42.3. The number of amides is 5. The van der Waals surface area contributed by atoms with Crippen molar-refractivity contribution in [3.63, 3.8) is 0 Å². The van der Waals surface area contributed by atoms with Gasteiger partial charge in [-0.05, 0) is 103 Å². The highest BCUT2D eigenvalue weighted by molar-refractivity contribution is 7.13. The number of hydrogen-bond acceptors (Lipinski definition) is 11. The van der Waals surface area contributed by atoms with Gasteiger partial charge in [-0.2, -0.15) is 5.10 Å². The fourth-order valence-electron chi connectivity index (χ4n) is 9.46. The minimum absolute atomic E-state index is 0.00592. The van der Waals surface area contributed by atoms with E-state index in [1.807, 2.05) is 81.7 Å². The second-order valence-corrected chi connectivity index (χ2v) is 21.1. The third kappa shape index (κ3) is 12.4. The van der Waals surface area contributed by atoms with Gasteiger partial charge in [-0.25, -0.2) is 9.78 Å². The standard InChI is InChI=1S/C55H67N11O5S/c1-8-65-33-44(42-23-24-57-51-43(42)28-45(60-51)39-13-11-12-36(26-39)31-63(5)6)49(62-65)38-19-21-40(22-20-38)59-54(71)64(7)25-10-9-14-48(68)61-50(55(2,3)4)53(70)66-32-41(67)27-46(66)52(69)58-29-35-15-17-37(18-16-35)47-30-56-34-72-47/h11-13,15-24,26,28,30,34,41,44,46,50,67H,8-10,14,25,27,29,31-33H2,1-7H3,(H,57,60)(H,58,69)(H,59,71)(H,61,68). The van der Waals surface area contributed by atoms with Crippen LogP contribution in [0.5, 0.6) is 0 Å². The summed E-state index contributed by atoms with van der Waals surface area (Å²) in [6, 6.07) is 26.4. The summed E-state index contributed by atoms with van der Waals surface area (Å²) < 4.78 is 0. The summed E-state index contributed by atoms with van der Waals surface area (Å²) in [5.41, 5.74) is 11.0. The largest absolute Gasteiger partial charge is 0.391 e. The average molecular weight is 994 g/mol. The number of pyridine rings is 1. The summed E-state index contributed by atoms with van der Waals surface area (Å²) in [4.78, 5) is 72.9. The number of aromatic amines is 1. The smallest absolute Gasteiger partial charge is 0.321 e. The monoisotopic (exact) mass is 994 g/mol. The summed E-state index contributed by atoms with van der Waals surface area (Å²) in [5, 5.41) is 27.7. The first kappa shape index (κ1) is 51.4. The number of hydrazone groups is 1. The Labute approximate surface area is 425 Å². The molecule has 5 amide bonds. The van der Waals surface area contributed by atoms with E-state index in [4.69, 9.17) is 10.1 Å². The first-order valence-corrected chi connectivity index (χ1v) is 25.6. The van der Waals surface area contributed by atoms with Gasteiger partial charge < -0.3 is 40.7 Å². The van der Waals surface area contributed by atoms with Crippen LogP contribution in [0.1, 0.15) is 81.5 Å². The average Bonchev–Trinajstić information content (AvgIpc) is 4.21. The number of aliphatic hydroxyl groups excluding tert-OH is 1. The first-order valence-electron chi connectivity index (χ1n) is 24.8. The molecule has 1 fully saturated rings. The van der Waals surface area contributed by atoms with Gasteiger partial charge >= 0.3 is 6.03 Å². The molecule has 6 aromatic rings. The Hall–Kier alpha value is -6.95. The lowest BCUT2D eigenvalue weighted by molar-refractivity contribution is -0.144. The lowest BCUT2D eigenvalue weighted by Gasteiger charge is -2.35. The van der Waals surface area contributed by atoms with Crippen LogP contribution in [0.4, 0.5) is 10.5 Å². The number of carbonyl (C=O) groups is 4. The lowest BCUT2D eigenvalue weighted by Crippen LogP contribution is -2.57. The Morgan fingerprint density at radius 3 is 2.39 bits per heavy atom. The second-order valence-electron chi connectivity index (χ2n) is 20.3. The second kappa shape index (κ2) is 22.6. The molecule has 0 saturated carbocycles. The van der Waals surface area contributed by atoms with E-state index in [2.05, 4.69) is 93.2 Å². The molecule has 5 N–H and O–H groups in total. The fraction of sp³-hybridized carbons (Fsp3) is 0.400. The van der Waals surface area contributed by atoms with Crippen molar-refractivity contribution < 1.29 is 24.3 Å². The summed E-state index contributed by atoms with van der Waals surface area (Å²) in [5.74, 6) is -1.07. The number of nitrogens with zero attached hydrogens (tertiary/aromatic N) is 7. The number of likely N-dealkylation sites (N-methyl/N-ethyl adjacent to an activating group) is 1. The van der Waals surface area contributed by atoms with Gasteiger partial charge in [-0.15, -0.1) is 11.3 Å². The quantitative estimate of drug-likeness (QED) is 0.0538. The van der Waals surface area contributed by atoms with Crippen LogP contribution in [0.3, 0.4) is 0 Å². The van der Waals surface area contributed by atoms with Crippen LogP contribution >= 0.6 is 11.3 Å². The van der Waals surface area contributed by atoms with E-state index in [9.17, 15) is 24.3 Å². The molecule has 8 rings (SSSR count). The van der Waals surface area contributed by atoms with Crippen LogP contribution in [-0.2, 0) is 27.5 Å². The van der Waals surface area contributed by atoms with Crippen LogP contribution in [0, 0.1) is 5.41 Å². The molecule has 3 aromatic heterocycles. The number of aromatic nitrogens is 3. The molecule has 0 aliphatic carbocycles. The predicted octanol–water partition coefficient (Wildman–Crippen LogP) is 7.68. The van der Waals surface area contributed by atoms with Gasteiger partial charge in [0.05, 0.1) is 22.2 Å². The Morgan fingerprint density at radius 1 is 0.917 bits per heavy atom. The summed E-state index contributed by atoms with van der Waals surface area (Å²) in [7, 11) is 5.85. The number of likely N-dealkylation sites (tertiary alicyclic amines) is 1. The van der Waals surface area contributed by atoms with Gasteiger partial charge in [0.2, 0.25) is 17.7 Å². The van der Waals surface area contributed by atoms with E-state index < -0.39 is 29.5 Å². The van der Waals surface area contributed by atoms with Crippen LogP contribution < -0.4 is 16.0 Å². The van der Waals surface area contributed by atoms with Crippen LogP contribution in [0.25, 0.3) is 32.7 Å². The molecule has 2 aliphatic heterocycles. The molecule has 0 bridgehead atoms. The van der Waals surface area contributed by atoms with Crippen molar-refractivity contribution in [1.82, 2.24) is 45.3 Å². The molecular formula is C55H67N11O5S. The SMILES string of the molecule is CCN1CC(c2ccnc3[nH]c(-c4cccc(CN(C)C)c4)cc23)C(c2ccc(NC(=O)N(C)CCCCC(=O)NC(C(=O)N3CC(O)CC3C(=O)NCc3ccc(-c4cncs4)cc3)C(C)(C)C)cc2)=N1. The number of H-pyrrole nitrogens is 1. The van der Waals surface area contributed by atoms with Gasteiger partial charge in [0.15, 0.2) is 0 Å². The predicted molar refractivity (Wildman–Crippen MR) is 284 cm³/mol. The van der Waals surface area contributed by atoms with E-state index in [1.165, 1.54) is 10.5 Å². The lowest BCUT2D eigenvalue weighted by atomic mass is 9.85. The number of aliphatic hydroxyl groups is 1. The molecular weight excluding hydrogens is 927 g/mol. The highest BCUT2D eigenvalue weighted by Gasteiger charge is 2.44. The van der Waals surface area contributed by atoms with Crippen LogP contribution in [0.2, 0.25) is 0 Å². The summed E-state index contributed by atoms with van der Waals surface area (Å²) in [6.45, 7) is 10.7.